The average Bonchev–Trinajstić information content (AvgIpc) is 2.32. The third-order valence-corrected chi connectivity index (χ3v) is 2.52. The van der Waals surface area contributed by atoms with Gasteiger partial charge in [-0.05, 0) is 25.2 Å². The van der Waals surface area contributed by atoms with Gasteiger partial charge in [0.15, 0.2) is 0 Å². The third-order valence-electron chi connectivity index (χ3n) is 2.52. The van der Waals surface area contributed by atoms with Crippen LogP contribution in [0.2, 0.25) is 0 Å². The van der Waals surface area contributed by atoms with E-state index in [1.807, 2.05) is 13.8 Å². The standard InChI is InChI=1S/C13H24N2O5/c1-4-20-12(18)8-15-13(19)14-7-10(5-9(2)3)6-11(16)17/h9-10H,4-8H2,1-3H3,(H,16,17)(H2,14,15,19)/t10-/m0/s1. The Bertz CT molecular complexity index is 331. The smallest absolute Gasteiger partial charge is 0.325 e. The van der Waals surface area contributed by atoms with Crippen molar-refractivity contribution in [2.75, 3.05) is 19.7 Å². The lowest BCUT2D eigenvalue weighted by Gasteiger charge is -2.17. The highest BCUT2D eigenvalue weighted by atomic mass is 16.5. The summed E-state index contributed by atoms with van der Waals surface area (Å²) in [5, 5.41) is 13.7. The molecule has 0 fully saturated rings. The van der Waals surface area contributed by atoms with Crippen LogP contribution in [0.5, 0.6) is 0 Å². The topological polar surface area (TPSA) is 105 Å². The first-order valence-corrected chi connectivity index (χ1v) is 6.74. The molecule has 0 saturated carbocycles. The van der Waals surface area contributed by atoms with E-state index in [-0.39, 0.29) is 32.0 Å². The van der Waals surface area contributed by atoms with Crippen LogP contribution in [0, 0.1) is 11.8 Å². The van der Waals surface area contributed by atoms with E-state index in [4.69, 9.17) is 5.11 Å². The number of ether oxygens (including phenoxy) is 1. The number of rotatable bonds is 9. The van der Waals surface area contributed by atoms with E-state index in [0.717, 1.165) is 0 Å². The van der Waals surface area contributed by atoms with Crippen molar-refractivity contribution in [2.45, 2.75) is 33.6 Å². The van der Waals surface area contributed by atoms with E-state index in [2.05, 4.69) is 15.4 Å². The van der Waals surface area contributed by atoms with Crippen LogP contribution in [0.15, 0.2) is 0 Å². The molecule has 0 rings (SSSR count). The summed E-state index contributed by atoms with van der Waals surface area (Å²) in [5.41, 5.74) is 0. The molecule has 0 unspecified atom stereocenters. The van der Waals surface area contributed by atoms with Crippen molar-refractivity contribution in [3.05, 3.63) is 0 Å². The summed E-state index contributed by atoms with van der Waals surface area (Å²) >= 11 is 0. The summed E-state index contributed by atoms with van der Waals surface area (Å²) in [7, 11) is 0. The molecule has 0 aliphatic heterocycles. The Balaban J connectivity index is 4.03. The van der Waals surface area contributed by atoms with Crippen molar-refractivity contribution in [2.24, 2.45) is 11.8 Å². The summed E-state index contributed by atoms with van der Waals surface area (Å²) in [6.07, 6.45) is 0.723. The number of amides is 2. The average molecular weight is 288 g/mol. The number of carboxylic acids is 1. The van der Waals surface area contributed by atoms with Crippen molar-refractivity contribution >= 4 is 18.0 Å². The van der Waals surface area contributed by atoms with Crippen LogP contribution < -0.4 is 10.6 Å². The van der Waals surface area contributed by atoms with Crippen LogP contribution in [0.3, 0.4) is 0 Å². The largest absolute Gasteiger partial charge is 0.481 e. The normalized spacial score (nSPS) is 11.8. The zero-order valence-corrected chi connectivity index (χ0v) is 12.3. The number of aliphatic carboxylic acids is 1. The molecule has 0 radical (unpaired) electrons. The second kappa shape index (κ2) is 10.1. The number of carbonyl (C=O) groups excluding carboxylic acids is 2. The van der Waals surface area contributed by atoms with Gasteiger partial charge in [0, 0.05) is 13.0 Å². The van der Waals surface area contributed by atoms with Crippen LogP contribution in [-0.4, -0.2) is 42.8 Å². The maximum atomic E-state index is 11.5. The highest BCUT2D eigenvalue weighted by Crippen LogP contribution is 2.14. The Morgan fingerprint density at radius 2 is 1.85 bits per heavy atom. The van der Waals surface area contributed by atoms with Gasteiger partial charge in [-0.25, -0.2) is 4.79 Å². The summed E-state index contributed by atoms with van der Waals surface area (Å²) in [5.74, 6) is -1.17. The van der Waals surface area contributed by atoms with Gasteiger partial charge in [0.25, 0.3) is 0 Å². The fourth-order valence-electron chi connectivity index (χ4n) is 1.82. The van der Waals surface area contributed by atoms with Gasteiger partial charge in [-0.15, -0.1) is 0 Å². The Morgan fingerprint density at radius 1 is 1.20 bits per heavy atom. The van der Waals surface area contributed by atoms with Gasteiger partial charge in [-0.2, -0.15) is 0 Å². The molecule has 0 aromatic rings. The minimum absolute atomic E-state index is 0.0103. The number of esters is 1. The third kappa shape index (κ3) is 10.2. The van der Waals surface area contributed by atoms with Gasteiger partial charge < -0.3 is 20.5 Å². The van der Waals surface area contributed by atoms with Gasteiger partial charge in [0.1, 0.15) is 6.54 Å². The zero-order chi connectivity index (χ0) is 15.5. The Labute approximate surface area is 119 Å². The first-order chi connectivity index (χ1) is 9.35. The molecule has 1 atom stereocenters. The van der Waals surface area contributed by atoms with E-state index in [9.17, 15) is 14.4 Å². The van der Waals surface area contributed by atoms with Crippen LogP contribution in [0.1, 0.15) is 33.6 Å². The predicted octanol–water partition coefficient (Wildman–Crippen LogP) is 0.986. The minimum Gasteiger partial charge on any atom is -0.481 e. The maximum Gasteiger partial charge on any atom is 0.325 e. The molecule has 0 aliphatic rings. The highest BCUT2D eigenvalue weighted by Gasteiger charge is 2.16. The molecule has 0 aromatic heterocycles. The number of nitrogens with one attached hydrogen (secondary N) is 2. The molecule has 7 heteroatoms. The second-order valence-electron chi connectivity index (χ2n) is 4.96. The monoisotopic (exact) mass is 288 g/mol. The van der Waals surface area contributed by atoms with Crippen LogP contribution in [0.4, 0.5) is 4.79 Å². The molecular weight excluding hydrogens is 264 g/mol. The van der Waals surface area contributed by atoms with Gasteiger partial charge in [0.05, 0.1) is 6.61 Å². The highest BCUT2D eigenvalue weighted by molar-refractivity contribution is 5.80. The molecule has 0 bridgehead atoms. The zero-order valence-electron chi connectivity index (χ0n) is 12.3. The van der Waals surface area contributed by atoms with Crippen molar-refractivity contribution in [1.82, 2.24) is 10.6 Å². The maximum absolute atomic E-state index is 11.5. The van der Waals surface area contributed by atoms with E-state index in [0.29, 0.717) is 12.3 Å². The molecule has 7 nitrogen and oxygen atoms in total. The van der Waals surface area contributed by atoms with Crippen LogP contribution in [-0.2, 0) is 14.3 Å². The summed E-state index contributed by atoms with van der Waals surface area (Å²) < 4.78 is 4.66. The van der Waals surface area contributed by atoms with E-state index >= 15 is 0 Å². The molecule has 2 amide bonds. The summed E-state index contributed by atoms with van der Waals surface area (Å²) in [6.45, 7) is 6.00. The van der Waals surface area contributed by atoms with Crippen LogP contribution in [0.25, 0.3) is 0 Å². The number of hydrogen-bond acceptors (Lipinski definition) is 4. The second-order valence-corrected chi connectivity index (χ2v) is 4.96. The quantitative estimate of drug-likeness (QED) is 0.549. The SMILES string of the molecule is CCOC(=O)CNC(=O)NC[C@H](CC(=O)O)CC(C)C. The van der Waals surface area contributed by atoms with E-state index < -0.39 is 18.0 Å². The molecule has 116 valence electrons. The lowest BCUT2D eigenvalue weighted by molar-refractivity contribution is -0.142. The molecule has 0 heterocycles. The van der Waals surface area contributed by atoms with Crippen molar-refractivity contribution in [3.63, 3.8) is 0 Å². The lowest BCUT2D eigenvalue weighted by Crippen LogP contribution is -2.41. The number of urea groups is 1. The minimum atomic E-state index is -0.885. The van der Waals surface area contributed by atoms with Gasteiger partial charge in [-0.3, -0.25) is 9.59 Å². The van der Waals surface area contributed by atoms with Crippen molar-refractivity contribution in [3.8, 4) is 0 Å². The molecule has 3 N–H and O–H groups in total. The Kier molecular flexibility index (Phi) is 9.15. The van der Waals surface area contributed by atoms with Crippen molar-refractivity contribution in [1.29, 1.82) is 0 Å². The lowest BCUT2D eigenvalue weighted by atomic mass is 9.94. The van der Waals surface area contributed by atoms with Gasteiger partial charge >= 0.3 is 18.0 Å². The van der Waals surface area contributed by atoms with Gasteiger partial charge in [0.2, 0.25) is 0 Å². The molecule has 0 saturated heterocycles. The van der Waals surface area contributed by atoms with E-state index in [1.54, 1.807) is 6.92 Å². The van der Waals surface area contributed by atoms with Crippen LogP contribution >= 0.6 is 0 Å². The number of hydrogen-bond donors (Lipinski definition) is 3. The summed E-state index contributed by atoms with van der Waals surface area (Å²) in [6, 6.07) is -0.503. The van der Waals surface area contributed by atoms with Gasteiger partial charge in [-0.1, -0.05) is 13.8 Å². The summed E-state index contributed by atoms with van der Waals surface area (Å²) in [4.78, 5) is 33.2. The first-order valence-electron chi connectivity index (χ1n) is 6.74. The number of carboxylic acid groups (broad SMARTS) is 1. The molecule has 20 heavy (non-hydrogen) atoms. The first kappa shape index (κ1) is 18.2. The molecule has 0 aliphatic carbocycles. The molecule has 0 aromatic carbocycles. The van der Waals surface area contributed by atoms with Crippen molar-refractivity contribution < 1.29 is 24.2 Å². The predicted molar refractivity (Wildman–Crippen MR) is 73.2 cm³/mol. The molecular formula is C13H24N2O5. The Morgan fingerprint density at radius 3 is 2.35 bits per heavy atom. The molecule has 0 spiro atoms. The number of carbonyl (C=O) groups is 3. The fraction of sp³-hybridized carbons (Fsp3) is 0.769. The fourth-order valence-corrected chi connectivity index (χ4v) is 1.82. The Hall–Kier alpha value is -1.79. The van der Waals surface area contributed by atoms with E-state index in [1.165, 1.54) is 0 Å².